The molecule has 2 aliphatic rings. The van der Waals surface area contributed by atoms with Gasteiger partial charge in [0.1, 0.15) is 28.4 Å². The molecule has 2 bridgehead atoms. The lowest BCUT2D eigenvalue weighted by Gasteiger charge is -2.25. The molecule has 3 heterocycles. The standard InChI is InChI=1S/C27H21NO6S/c29-19-10-6-16(7-11-19)24-22-15-23(27(33-22)25(24)17-8-12-20(30)13-9-17)35(31,32)34-21-5-1-3-18-4-2-14-28-26(18)21/h1-14,22-23,27,29-30H,15H2. The van der Waals surface area contributed by atoms with Crippen LogP contribution in [-0.2, 0) is 14.9 Å². The van der Waals surface area contributed by atoms with Crippen molar-refractivity contribution in [2.24, 2.45) is 0 Å². The molecule has 0 saturated carbocycles. The molecule has 176 valence electrons. The van der Waals surface area contributed by atoms with Gasteiger partial charge in [-0.25, -0.2) is 0 Å². The van der Waals surface area contributed by atoms with Gasteiger partial charge in [-0.05, 0) is 58.7 Å². The summed E-state index contributed by atoms with van der Waals surface area (Å²) in [6.45, 7) is 0. The van der Waals surface area contributed by atoms with E-state index in [-0.39, 0.29) is 23.7 Å². The molecule has 3 atom stereocenters. The van der Waals surface area contributed by atoms with Crippen LogP contribution in [0.4, 0.5) is 0 Å². The highest BCUT2D eigenvalue weighted by Crippen LogP contribution is 2.51. The number of para-hydroxylation sites is 1. The fourth-order valence-corrected chi connectivity index (χ4v) is 6.39. The van der Waals surface area contributed by atoms with E-state index in [1.54, 1.807) is 72.9 Å². The molecular formula is C27H21NO6S. The van der Waals surface area contributed by atoms with Crippen LogP contribution in [0.3, 0.4) is 0 Å². The van der Waals surface area contributed by atoms with Crippen molar-refractivity contribution >= 4 is 32.2 Å². The molecule has 0 radical (unpaired) electrons. The highest BCUT2D eigenvalue weighted by Gasteiger charge is 2.53. The zero-order valence-electron chi connectivity index (χ0n) is 18.4. The number of benzene rings is 3. The number of hydrogen-bond acceptors (Lipinski definition) is 7. The second-order valence-corrected chi connectivity index (χ2v) is 10.4. The molecule has 4 aromatic rings. The number of phenolic OH excluding ortho intramolecular Hbond substituents is 2. The predicted molar refractivity (Wildman–Crippen MR) is 131 cm³/mol. The molecule has 7 nitrogen and oxygen atoms in total. The first-order valence-electron chi connectivity index (χ1n) is 11.2. The number of nitrogens with zero attached hydrogens (tertiary/aromatic N) is 1. The molecular weight excluding hydrogens is 466 g/mol. The van der Waals surface area contributed by atoms with Crippen LogP contribution in [-0.4, -0.2) is 41.1 Å². The number of rotatable bonds is 5. The molecule has 3 aromatic carbocycles. The van der Waals surface area contributed by atoms with E-state index in [1.165, 1.54) is 0 Å². The Morgan fingerprint density at radius 3 is 2.14 bits per heavy atom. The van der Waals surface area contributed by atoms with Crippen molar-refractivity contribution in [3.63, 3.8) is 0 Å². The van der Waals surface area contributed by atoms with Crippen molar-refractivity contribution in [3.05, 3.63) is 96.2 Å². The fourth-order valence-electron chi connectivity index (χ4n) is 4.96. The molecule has 3 unspecified atom stereocenters. The third-order valence-electron chi connectivity index (χ3n) is 6.52. The topological polar surface area (TPSA) is 106 Å². The summed E-state index contributed by atoms with van der Waals surface area (Å²) in [7, 11) is -4.09. The van der Waals surface area contributed by atoms with Gasteiger partial charge in [0.05, 0.1) is 6.10 Å². The van der Waals surface area contributed by atoms with Crippen molar-refractivity contribution in [2.75, 3.05) is 0 Å². The first-order valence-corrected chi connectivity index (χ1v) is 12.6. The Morgan fingerprint density at radius 2 is 1.46 bits per heavy atom. The van der Waals surface area contributed by atoms with Crippen LogP contribution in [0, 0.1) is 0 Å². The number of aromatic hydroxyl groups is 2. The van der Waals surface area contributed by atoms with E-state index >= 15 is 0 Å². The Kier molecular flexibility index (Phi) is 5.01. The summed E-state index contributed by atoms with van der Waals surface area (Å²) in [5, 5.41) is 19.4. The summed E-state index contributed by atoms with van der Waals surface area (Å²) in [6, 6.07) is 22.2. The van der Waals surface area contributed by atoms with Crippen LogP contribution < -0.4 is 4.18 Å². The molecule has 1 aromatic heterocycles. The third-order valence-corrected chi connectivity index (χ3v) is 8.11. The zero-order chi connectivity index (χ0) is 24.2. The maximum Gasteiger partial charge on any atom is 0.315 e. The molecule has 8 heteroatoms. The summed E-state index contributed by atoms with van der Waals surface area (Å²) in [4.78, 5) is 4.30. The average molecular weight is 488 g/mol. The maximum absolute atomic E-state index is 13.5. The van der Waals surface area contributed by atoms with E-state index in [9.17, 15) is 18.6 Å². The summed E-state index contributed by atoms with van der Waals surface area (Å²) >= 11 is 0. The summed E-state index contributed by atoms with van der Waals surface area (Å²) in [5.41, 5.74) is 3.68. The van der Waals surface area contributed by atoms with Crippen molar-refractivity contribution in [2.45, 2.75) is 23.9 Å². The second kappa shape index (κ2) is 8.11. The fraction of sp³-hybridized carbons (Fsp3) is 0.148. The molecule has 2 N–H and O–H groups in total. The SMILES string of the molecule is O=S(=O)(Oc1cccc2cccnc12)C1CC2OC1C(c1ccc(O)cc1)=C2c1ccc(O)cc1. The monoisotopic (exact) mass is 487 g/mol. The predicted octanol–water partition coefficient (Wildman–Crippen LogP) is 4.51. The van der Waals surface area contributed by atoms with Gasteiger partial charge in [0.2, 0.25) is 0 Å². The van der Waals surface area contributed by atoms with Crippen LogP contribution in [0.2, 0.25) is 0 Å². The van der Waals surface area contributed by atoms with Gasteiger partial charge >= 0.3 is 10.1 Å². The lowest BCUT2D eigenvalue weighted by Crippen LogP contribution is -2.35. The van der Waals surface area contributed by atoms with Gasteiger partial charge in [-0.15, -0.1) is 0 Å². The van der Waals surface area contributed by atoms with Crippen molar-refractivity contribution < 1.29 is 27.6 Å². The first-order chi connectivity index (χ1) is 16.9. The van der Waals surface area contributed by atoms with Gasteiger partial charge in [-0.3, -0.25) is 4.98 Å². The number of fused-ring (bicyclic) bond motifs is 3. The highest BCUT2D eigenvalue weighted by atomic mass is 32.2. The molecule has 6 rings (SSSR count). The minimum Gasteiger partial charge on any atom is -0.508 e. The molecule has 1 saturated heterocycles. The minimum atomic E-state index is -4.09. The van der Waals surface area contributed by atoms with E-state index in [4.69, 9.17) is 8.92 Å². The summed E-state index contributed by atoms with van der Waals surface area (Å²) in [6.07, 6.45) is 0.629. The lowest BCUT2D eigenvalue weighted by molar-refractivity contribution is 0.128. The van der Waals surface area contributed by atoms with Crippen molar-refractivity contribution in [3.8, 4) is 17.2 Å². The van der Waals surface area contributed by atoms with Gasteiger partial charge in [-0.1, -0.05) is 42.5 Å². The smallest absolute Gasteiger partial charge is 0.315 e. The van der Waals surface area contributed by atoms with E-state index in [2.05, 4.69) is 4.98 Å². The van der Waals surface area contributed by atoms with Crippen LogP contribution in [0.15, 0.2) is 85.1 Å². The van der Waals surface area contributed by atoms with Gasteiger partial charge in [0.15, 0.2) is 5.75 Å². The summed E-state index contributed by atoms with van der Waals surface area (Å²) < 4.78 is 38.9. The van der Waals surface area contributed by atoms with Crippen LogP contribution in [0.5, 0.6) is 17.2 Å². The number of ether oxygens (including phenoxy) is 1. The molecule has 1 fully saturated rings. The quantitative estimate of drug-likeness (QED) is 0.399. The molecule has 35 heavy (non-hydrogen) atoms. The minimum absolute atomic E-state index is 0.112. The Balaban J connectivity index is 1.42. The normalized spacial score (nSPS) is 21.5. The van der Waals surface area contributed by atoms with Gasteiger partial charge in [0, 0.05) is 18.0 Å². The molecule has 0 spiro atoms. The molecule has 0 amide bonds. The number of phenols is 2. The Labute approximate surface area is 202 Å². The highest BCUT2D eigenvalue weighted by molar-refractivity contribution is 7.87. The number of pyridine rings is 1. The second-order valence-electron chi connectivity index (χ2n) is 8.65. The Hall–Kier alpha value is -3.88. The van der Waals surface area contributed by atoms with Crippen molar-refractivity contribution in [1.82, 2.24) is 4.98 Å². The maximum atomic E-state index is 13.5. The number of aromatic nitrogens is 1. The van der Waals surface area contributed by atoms with Crippen LogP contribution in [0.25, 0.3) is 22.0 Å². The third kappa shape index (κ3) is 3.71. The van der Waals surface area contributed by atoms with E-state index in [1.807, 2.05) is 12.1 Å². The zero-order valence-corrected chi connectivity index (χ0v) is 19.2. The number of hydrogen-bond donors (Lipinski definition) is 2. The first kappa shape index (κ1) is 21.6. The van der Waals surface area contributed by atoms with E-state index in [0.717, 1.165) is 27.7 Å². The molecule has 0 aliphatic carbocycles. The lowest BCUT2D eigenvalue weighted by atomic mass is 9.83. The van der Waals surface area contributed by atoms with Crippen LogP contribution >= 0.6 is 0 Å². The van der Waals surface area contributed by atoms with E-state index < -0.39 is 27.6 Å². The van der Waals surface area contributed by atoms with Crippen LogP contribution in [0.1, 0.15) is 17.5 Å². The van der Waals surface area contributed by atoms with Crippen molar-refractivity contribution in [1.29, 1.82) is 0 Å². The molecule has 2 aliphatic heterocycles. The average Bonchev–Trinajstić information content (AvgIpc) is 3.45. The van der Waals surface area contributed by atoms with Gasteiger partial charge < -0.3 is 19.1 Å². The van der Waals surface area contributed by atoms with E-state index in [0.29, 0.717) is 5.52 Å². The largest absolute Gasteiger partial charge is 0.508 e. The Bertz CT molecular complexity index is 1560. The van der Waals surface area contributed by atoms with Gasteiger partial charge in [0.25, 0.3) is 0 Å². The summed E-state index contributed by atoms with van der Waals surface area (Å²) in [5.74, 6) is 0.433. The Morgan fingerprint density at radius 1 is 0.829 bits per heavy atom. The van der Waals surface area contributed by atoms with Gasteiger partial charge in [-0.2, -0.15) is 8.42 Å².